The highest BCUT2D eigenvalue weighted by atomic mass is 16.5. The second-order valence-corrected chi connectivity index (χ2v) is 12.6. The molecule has 3 aliphatic rings. The SMILES string of the molecule is C.CC1O[C@H](C)[C@@H](C)C(C)[C@H]1C.CC1O[C@H](C)[C@@H](C)C(C)[C@H]1C.CCC1O[C@@H](C)[C@H](C)[C@@H](C)[C@@H]1C. The van der Waals surface area contributed by atoms with Gasteiger partial charge < -0.3 is 14.2 Å². The Hall–Kier alpha value is -0.120. The summed E-state index contributed by atoms with van der Waals surface area (Å²) in [6.45, 7) is 34.0. The fourth-order valence-corrected chi connectivity index (χ4v) is 6.08. The Balaban J connectivity index is 0.000000489. The fourth-order valence-electron chi connectivity index (χ4n) is 6.08. The summed E-state index contributed by atoms with van der Waals surface area (Å²) in [5.74, 6) is 6.68. The summed E-state index contributed by atoms with van der Waals surface area (Å²) in [7, 11) is 0. The molecule has 35 heavy (non-hydrogen) atoms. The Labute approximate surface area is 221 Å². The molecule has 0 aromatic carbocycles. The summed E-state index contributed by atoms with van der Waals surface area (Å²) in [6, 6.07) is 0. The topological polar surface area (TPSA) is 27.7 Å². The molecule has 0 bridgehead atoms. The van der Waals surface area contributed by atoms with Gasteiger partial charge in [-0.25, -0.2) is 0 Å². The summed E-state index contributed by atoms with van der Waals surface area (Å²) in [5, 5.41) is 0. The van der Waals surface area contributed by atoms with Crippen molar-refractivity contribution in [2.24, 2.45) is 53.3 Å². The van der Waals surface area contributed by atoms with Crippen LogP contribution in [0.15, 0.2) is 0 Å². The molecule has 3 heterocycles. The molecule has 0 saturated carbocycles. The molecule has 0 amide bonds. The third kappa shape index (κ3) is 8.99. The molecule has 0 aliphatic carbocycles. The van der Waals surface area contributed by atoms with E-state index in [1.54, 1.807) is 0 Å². The zero-order valence-electron chi connectivity index (χ0n) is 25.6. The lowest BCUT2D eigenvalue weighted by atomic mass is 9.76. The number of ether oxygens (including phenoxy) is 3. The summed E-state index contributed by atoms with van der Waals surface area (Å²) in [5.41, 5.74) is 0. The minimum absolute atomic E-state index is 0. The van der Waals surface area contributed by atoms with Gasteiger partial charge in [0.2, 0.25) is 0 Å². The minimum atomic E-state index is 0. The summed E-state index contributed by atoms with van der Waals surface area (Å²) in [6.07, 6.45) is 3.86. The molecule has 3 fully saturated rings. The van der Waals surface area contributed by atoms with Gasteiger partial charge in [0.1, 0.15) is 0 Å². The van der Waals surface area contributed by atoms with Crippen molar-refractivity contribution < 1.29 is 14.2 Å². The van der Waals surface area contributed by atoms with Crippen LogP contribution in [0.25, 0.3) is 0 Å². The average Bonchev–Trinajstić information content (AvgIpc) is 2.80. The highest BCUT2D eigenvalue weighted by Gasteiger charge is 2.36. The van der Waals surface area contributed by atoms with E-state index in [1.807, 2.05) is 0 Å². The minimum Gasteiger partial charge on any atom is -0.375 e. The lowest BCUT2D eigenvalue weighted by molar-refractivity contribution is -0.125. The maximum Gasteiger partial charge on any atom is 0.0604 e. The summed E-state index contributed by atoms with van der Waals surface area (Å²) >= 11 is 0. The third-order valence-corrected chi connectivity index (χ3v) is 10.9. The van der Waals surface area contributed by atoms with Crippen LogP contribution in [0.4, 0.5) is 0 Å². The second-order valence-electron chi connectivity index (χ2n) is 12.6. The monoisotopic (exact) mass is 499 g/mol. The molecule has 0 aromatic heterocycles. The predicted octanol–water partition coefficient (Wildman–Crippen LogP) is 9.13. The molecule has 0 aromatic rings. The third-order valence-electron chi connectivity index (χ3n) is 10.9. The highest BCUT2D eigenvalue weighted by molar-refractivity contribution is 4.84. The molecule has 3 aliphatic heterocycles. The van der Waals surface area contributed by atoms with Gasteiger partial charge in [0.05, 0.1) is 36.6 Å². The van der Waals surface area contributed by atoms with Crippen molar-refractivity contribution in [1.29, 1.82) is 0 Å². The lowest BCUT2D eigenvalue weighted by Gasteiger charge is -2.42. The van der Waals surface area contributed by atoms with Crippen LogP contribution in [0.1, 0.15) is 118 Å². The van der Waals surface area contributed by atoms with Gasteiger partial charge in [0.15, 0.2) is 0 Å². The van der Waals surface area contributed by atoms with Crippen LogP contribution in [0.3, 0.4) is 0 Å². The van der Waals surface area contributed by atoms with Gasteiger partial charge in [-0.3, -0.25) is 0 Å². The molecule has 3 rings (SSSR count). The maximum absolute atomic E-state index is 5.93. The Morgan fingerprint density at radius 1 is 0.343 bits per heavy atom. The molecule has 3 heteroatoms. The van der Waals surface area contributed by atoms with Crippen molar-refractivity contribution in [2.75, 3.05) is 0 Å². The van der Waals surface area contributed by atoms with E-state index in [4.69, 9.17) is 14.2 Å². The van der Waals surface area contributed by atoms with E-state index in [0.29, 0.717) is 66.2 Å². The van der Waals surface area contributed by atoms with Crippen molar-refractivity contribution in [1.82, 2.24) is 0 Å². The second kappa shape index (κ2) is 15.3. The first kappa shape index (κ1) is 34.9. The molecule has 15 atom stereocenters. The molecule has 0 radical (unpaired) electrons. The highest BCUT2D eigenvalue weighted by Crippen LogP contribution is 2.36. The molecular formula is C32H66O3. The van der Waals surface area contributed by atoms with Crippen LogP contribution in [-0.4, -0.2) is 36.6 Å². The molecule has 5 unspecified atom stereocenters. The maximum atomic E-state index is 5.93. The quantitative estimate of drug-likeness (QED) is 0.361. The molecule has 0 spiro atoms. The van der Waals surface area contributed by atoms with Gasteiger partial charge in [-0.15, -0.1) is 0 Å². The van der Waals surface area contributed by atoms with E-state index in [1.165, 1.54) is 0 Å². The zero-order valence-corrected chi connectivity index (χ0v) is 25.6. The van der Waals surface area contributed by atoms with Crippen LogP contribution in [-0.2, 0) is 14.2 Å². The van der Waals surface area contributed by atoms with E-state index in [-0.39, 0.29) is 7.43 Å². The van der Waals surface area contributed by atoms with Crippen molar-refractivity contribution >= 4 is 0 Å². The fraction of sp³-hybridized carbons (Fsp3) is 1.00. The van der Waals surface area contributed by atoms with Gasteiger partial charge in [0, 0.05) is 0 Å². The zero-order chi connectivity index (χ0) is 26.5. The van der Waals surface area contributed by atoms with Crippen LogP contribution >= 0.6 is 0 Å². The first-order valence-electron chi connectivity index (χ1n) is 14.6. The standard InChI is InChI=1S/C11H22O.2C10H20O.CH4/c1-6-11-9(4)7(2)8(3)10(5)12-11;2*1-6-7(2)9(4)11-10(5)8(6)3;/h7-11H,6H2,1-5H3;2*6-10H,1-5H3;1H4/t7-,8-,9+,10+,11?;2*6?,7-,8+,9+,10?;/m100./s1. The largest absolute Gasteiger partial charge is 0.375 e. The smallest absolute Gasteiger partial charge is 0.0604 e. The van der Waals surface area contributed by atoms with Crippen LogP contribution in [0.5, 0.6) is 0 Å². The predicted molar refractivity (Wildman–Crippen MR) is 154 cm³/mol. The molecule has 212 valence electrons. The van der Waals surface area contributed by atoms with Crippen molar-refractivity contribution in [3.05, 3.63) is 0 Å². The van der Waals surface area contributed by atoms with E-state index in [0.717, 1.165) is 30.1 Å². The Bertz CT molecular complexity index is 500. The number of hydrogen-bond acceptors (Lipinski definition) is 3. The summed E-state index contributed by atoms with van der Waals surface area (Å²) < 4.78 is 17.5. The van der Waals surface area contributed by atoms with Gasteiger partial charge >= 0.3 is 0 Å². The Morgan fingerprint density at radius 2 is 0.571 bits per heavy atom. The first-order valence-corrected chi connectivity index (χ1v) is 14.6. The van der Waals surface area contributed by atoms with E-state index >= 15 is 0 Å². The summed E-state index contributed by atoms with van der Waals surface area (Å²) in [4.78, 5) is 0. The average molecular weight is 499 g/mol. The van der Waals surface area contributed by atoms with Crippen molar-refractivity contribution in [3.8, 4) is 0 Å². The first-order chi connectivity index (χ1) is 15.6. The molecule has 3 saturated heterocycles. The molecule has 0 N–H and O–H groups in total. The molecule has 3 nitrogen and oxygen atoms in total. The van der Waals surface area contributed by atoms with Gasteiger partial charge in [-0.05, 0) is 94.3 Å². The van der Waals surface area contributed by atoms with E-state index in [9.17, 15) is 0 Å². The Morgan fingerprint density at radius 3 is 0.829 bits per heavy atom. The lowest BCUT2D eigenvalue weighted by Crippen LogP contribution is -2.42. The van der Waals surface area contributed by atoms with Crippen LogP contribution in [0.2, 0.25) is 0 Å². The van der Waals surface area contributed by atoms with Crippen LogP contribution in [0, 0.1) is 53.3 Å². The van der Waals surface area contributed by atoms with Crippen molar-refractivity contribution in [3.63, 3.8) is 0 Å². The van der Waals surface area contributed by atoms with Gasteiger partial charge in [-0.1, -0.05) is 76.7 Å². The van der Waals surface area contributed by atoms with E-state index in [2.05, 4.69) is 104 Å². The van der Waals surface area contributed by atoms with Gasteiger partial charge in [-0.2, -0.15) is 0 Å². The molecular weight excluding hydrogens is 432 g/mol. The normalized spacial score (nSPS) is 50.0. The van der Waals surface area contributed by atoms with Crippen molar-refractivity contribution in [2.45, 2.75) is 154 Å². The Kier molecular flexibility index (Phi) is 15.3. The van der Waals surface area contributed by atoms with E-state index < -0.39 is 0 Å². The van der Waals surface area contributed by atoms with Gasteiger partial charge in [0.25, 0.3) is 0 Å². The number of hydrogen-bond donors (Lipinski definition) is 0. The number of rotatable bonds is 1. The van der Waals surface area contributed by atoms with Crippen LogP contribution < -0.4 is 0 Å².